The van der Waals surface area contributed by atoms with E-state index in [2.05, 4.69) is 5.32 Å². The molecule has 2 rings (SSSR count). The number of amides is 2. The van der Waals surface area contributed by atoms with E-state index < -0.39 is 11.9 Å². The van der Waals surface area contributed by atoms with Crippen LogP contribution in [0.1, 0.15) is 18.4 Å². The minimum absolute atomic E-state index is 0.203. The Morgan fingerprint density at radius 2 is 2.14 bits per heavy atom. The average Bonchev–Trinajstić information content (AvgIpc) is 2.95. The van der Waals surface area contributed by atoms with Gasteiger partial charge in [0, 0.05) is 29.7 Å². The number of nitrogens with one attached hydrogen (secondary N) is 1. The average molecular weight is 345 g/mol. The third-order valence-corrected chi connectivity index (χ3v) is 4.33. The summed E-state index contributed by atoms with van der Waals surface area (Å²) in [5.41, 5.74) is 0.993. The first-order valence-corrected chi connectivity index (χ1v) is 7.92. The lowest BCUT2D eigenvalue weighted by atomic mass is 10.1. The molecular formula is C15H18Cl2N2O3. The lowest BCUT2D eigenvalue weighted by Crippen LogP contribution is -2.39. The van der Waals surface area contributed by atoms with E-state index in [1.807, 2.05) is 6.07 Å². The van der Waals surface area contributed by atoms with Crippen LogP contribution in [0, 0.1) is 5.92 Å². The molecule has 0 spiro atoms. The molecule has 1 atom stereocenters. The van der Waals surface area contributed by atoms with Gasteiger partial charge in [0.05, 0.1) is 5.92 Å². The highest BCUT2D eigenvalue weighted by Crippen LogP contribution is 2.22. The molecule has 1 aromatic rings. The van der Waals surface area contributed by atoms with Crippen LogP contribution in [-0.4, -0.2) is 41.6 Å². The van der Waals surface area contributed by atoms with Crippen LogP contribution in [0.25, 0.3) is 0 Å². The maximum atomic E-state index is 11.9. The Bertz CT molecular complexity index is 566. The molecule has 2 N–H and O–H groups in total. The summed E-state index contributed by atoms with van der Waals surface area (Å²) in [5, 5.41) is 13.0. The highest BCUT2D eigenvalue weighted by atomic mass is 35.5. The molecule has 1 aliphatic heterocycles. The quantitative estimate of drug-likeness (QED) is 0.806. The highest BCUT2D eigenvalue weighted by Gasteiger charge is 2.30. The van der Waals surface area contributed by atoms with Gasteiger partial charge in [-0.3, -0.25) is 4.79 Å². The van der Waals surface area contributed by atoms with Gasteiger partial charge in [-0.1, -0.05) is 29.3 Å². The fraction of sp³-hybridized carbons (Fsp3) is 0.467. The van der Waals surface area contributed by atoms with E-state index in [0.717, 1.165) is 18.4 Å². The molecule has 1 fully saturated rings. The summed E-state index contributed by atoms with van der Waals surface area (Å²) in [6.07, 6.45) is 2.01. The van der Waals surface area contributed by atoms with E-state index in [4.69, 9.17) is 28.3 Å². The van der Waals surface area contributed by atoms with E-state index in [1.54, 1.807) is 17.0 Å². The molecule has 120 valence electrons. The Morgan fingerprint density at radius 3 is 2.77 bits per heavy atom. The molecule has 7 heteroatoms. The number of hydrogen-bond donors (Lipinski definition) is 2. The number of likely N-dealkylation sites (tertiary alicyclic amines) is 1. The van der Waals surface area contributed by atoms with Crippen LogP contribution in [0.4, 0.5) is 4.79 Å². The van der Waals surface area contributed by atoms with Crippen molar-refractivity contribution in [2.24, 2.45) is 5.92 Å². The summed E-state index contributed by atoms with van der Waals surface area (Å²) in [6, 6.07) is 5.17. The second kappa shape index (κ2) is 7.70. The fourth-order valence-corrected chi connectivity index (χ4v) is 2.96. The zero-order chi connectivity index (χ0) is 16.1. The summed E-state index contributed by atoms with van der Waals surface area (Å²) in [6.45, 7) is 1.29. The van der Waals surface area contributed by atoms with Crippen LogP contribution < -0.4 is 5.32 Å². The fourth-order valence-electron chi connectivity index (χ4n) is 2.46. The van der Waals surface area contributed by atoms with Gasteiger partial charge < -0.3 is 15.3 Å². The maximum Gasteiger partial charge on any atom is 0.317 e. The number of hydrogen-bond acceptors (Lipinski definition) is 2. The molecular weight excluding hydrogens is 327 g/mol. The lowest BCUT2D eigenvalue weighted by molar-refractivity contribution is -0.141. The zero-order valence-electron chi connectivity index (χ0n) is 12.0. The minimum Gasteiger partial charge on any atom is -0.481 e. The number of carboxylic acid groups (broad SMARTS) is 1. The van der Waals surface area contributed by atoms with Gasteiger partial charge in [-0.05, 0) is 37.0 Å². The van der Waals surface area contributed by atoms with Gasteiger partial charge in [-0.15, -0.1) is 0 Å². The van der Waals surface area contributed by atoms with Gasteiger partial charge in [-0.25, -0.2) is 4.79 Å². The van der Waals surface area contributed by atoms with E-state index >= 15 is 0 Å². The number of halogens is 2. The first-order valence-electron chi connectivity index (χ1n) is 7.17. The summed E-state index contributed by atoms with van der Waals surface area (Å²) in [4.78, 5) is 24.3. The molecule has 22 heavy (non-hydrogen) atoms. The highest BCUT2D eigenvalue weighted by molar-refractivity contribution is 6.35. The van der Waals surface area contributed by atoms with Crippen LogP contribution in [-0.2, 0) is 11.2 Å². The molecule has 2 amide bonds. The van der Waals surface area contributed by atoms with E-state index in [1.165, 1.54) is 0 Å². The van der Waals surface area contributed by atoms with Crippen LogP contribution in [0.3, 0.4) is 0 Å². The number of carbonyl (C=O) groups is 2. The molecule has 0 saturated carbocycles. The molecule has 0 aromatic heterocycles. The van der Waals surface area contributed by atoms with Crippen molar-refractivity contribution in [2.75, 3.05) is 19.6 Å². The van der Waals surface area contributed by atoms with Crippen molar-refractivity contribution in [1.29, 1.82) is 0 Å². The first kappa shape index (κ1) is 16.9. The Kier molecular flexibility index (Phi) is 5.91. The van der Waals surface area contributed by atoms with Crippen molar-refractivity contribution in [3.63, 3.8) is 0 Å². The molecule has 1 aromatic carbocycles. The second-order valence-corrected chi connectivity index (χ2v) is 6.18. The Labute approximate surface area is 139 Å². The van der Waals surface area contributed by atoms with Crippen LogP contribution in [0.15, 0.2) is 18.2 Å². The zero-order valence-corrected chi connectivity index (χ0v) is 13.5. The van der Waals surface area contributed by atoms with Crippen LogP contribution in [0.2, 0.25) is 10.0 Å². The number of urea groups is 1. The van der Waals surface area contributed by atoms with Gasteiger partial charge in [0.25, 0.3) is 0 Å². The number of carboxylic acids is 1. The Morgan fingerprint density at radius 1 is 1.36 bits per heavy atom. The van der Waals surface area contributed by atoms with Crippen molar-refractivity contribution < 1.29 is 14.7 Å². The molecule has 1 saturated heterocycles. The second-order valence-electron chi connectivity index (χ2n) is 5.34. The number of rotatable bonds is 5. The standard InChI is InChI=1S/C15H18Cl2N2O3/c16-12-4-3-10(13(17)8-12)2-1-6-18-15(22)19-7-5-11(9-19)14(20)21/h3-4,8,11H,1-2,5-7,9H2,(H,18,22)(H,20,21). The summed E-state index contributed by atoms with van der Waals surface area (Å²) in [7, 11) is 0. The van der Waals surface area contributed by atoms with Crippen LogP contribution >= 0.6 is 23.2 Å². The topological polar surface area (TPSA) is 69.6 Å². The molecule has 0 bridgehead atoms. The van der Waals surface area contributed by atoms with E-state index in [9.17, 15) is 9.59 Å². The minimum atomic E-state index is -0.840. The summed E-state index contributed by atoms with van der Waals surface area (Å²) < 4.78 is 0. The van der Waals surface area contributed by atoms with Gasteiger partial charge in [0.1, 0.15) is 0 Å². The molecule has 0 aliphatic carbocycles. The lowest BCUT2D eigenvalue weighted by Gasteiger charge is -2.16. The largest absolute Gasteiger partial charge is 0.481 e. The Hall–Kier alpha value is -1.46. The SMILES string of the molecule is O=C(O)C1CCN(C(=O)NCCCc2ccc(Cl)cc2Cl)C1. The van der Waals surface area contributed by atoms with Crippen molar-refractivity contribution in [1.82, 2.24) is 10.2 Å². The normalized spacial score (nSPS) is 17.5. The Balaban J connectivity index is 1.70. The number of aliphatic carboxylic acids is 1. The number of aryl methyl sites for hydroxylation is 1. The maximum absolute atomic E-state index is 11.9. The van der Waals surface area contributed by atoms with E-state index in [0.29, 0.717) is 29.6 Å². The van der Waals surface area contributed by atoms with Gasteiger partial charge in [-0.2, -0.15) is 0 Å². The number of carbonyl (C=O) groups excluding carboxylic acids is 1. The summed E-state index contributed by atoms with van der Waals surface area (Å²) in [5.74, 6) is -1.29. The van der Waals surface area contributed by atoms with Crippen molar-refractivity contribution in [3.05, 3.63) is 33.8 Å². The first-order chi connectivity index (χ1) is 10.5. The number of nitrogens with zero attached hydrogens (tertiary/aromatic N) is 1. The summed E-state index contributed by atoms with van der Waals surface area (Å²) >= 11 is 11.9. The molecule has 1 aliphatic rings. The van der Waals surface area contributed by atoms with Gasteiger partial charge in [0.15, 0.2) is 0 Å². The van der Waals surface area contributed by atoms with Crippen molar-refractivity contribution in [2.45, 2.75) is 19.3 Å². The van der Waals surface area contributed by atoms with Gasteiger partial charge in [0.2, 0.25) is 0 Å². The molecule has 0 radical (unpaired) electrons. The van der Waals surface area contributed by atoms with E-state index in [-0.39, 0.29) is 12.6 Å². The van der Waals surface area contributed by atoms with Crippen LogP contribution in [0.5, 0.6) is 0 Å². The molecule has 1 heterocycles. The smallest absolute Gasteiger partial charge is 0.317 e. The monoisotopic (exact) mass is 344 g/mol. The van der Waals surface area contributed by atoms with Crippen molar-refractivity contribution in [3.8, 4) is 0 Å². The van der Waals surface area contributed by atoms with Crippen molar-refractivity contribution >= 4 is 35.2 Å². The third kappa shape index (κ3) is 4.52. The number of benzene rings is 1. The third-order valence-electron chi connectivity index (χ3n) is 3.74. The predicted octanol–water partition coefficient (Wildman–Crippen LogP) is 3.04. The molecule has 1 unspecified atom stereocenters. The van der Waals surface area contributed by atoms with Gasteiger partial charge >= 0.3 is 12.0 Å². The molecule has 5 nitrogen and oxygen atoms in total. The predicted molar refractivity (Wildman–Crippen MR) is 85.5 cm³/mol.